The summed E-state index contributed by atoms with van der Waals surface area (Å²) in [6.45, 7) is 2.36. The molecule has 2 amide bonds. The summed E-state index contributed by atoms with van der Waals surface area (Å²) >= 11 is 0. The van der Waals surface area contributed by atoms with Gasteiger partial charge in [-0.2, -0.15) is 0 Å². The van der Waals surface area contributed by atoms with Gasteiger partial charge in [-0.25, -0.2) is 0 Å². The van der Waals surface area contributed by atoms with Gasteiger partial charge in [0.15, 0.2) is 11.5 Å². The Morgan fingerprint density at radius 3 is 2.17 bits per heavy atom. The van der Waals surface area contributed by atoms with E-state index in [1.165, 1.54) is 32.4 Å². The van der Waals surface area contributed by atoms with E-state index in [1.54, 1.807) is 37.5 Å². The minimum Gasteiger partial charge on any atom is -0.497 e. The highest BCUT2D eigenvalue weighted by Crippen LogP contribution is 2.28. The highest BCUT2D eigenvalue weighted by Gasteiger charge is 2.10. The molecule has 0 saturated carbocycles. The highest BCUT2D eigenvalue weighted by molar-refractivity contribution is 5.98. The Bertz CT molecular complexity index is 872. The van der Waals surface area contributed by atoms with E-state index in [4.69, 9.17) is 18.9 Å². The molecule has 0 aliphatic carbocycles. The number of methoxy groups -OCH3 is 3. The van der Waals surface area contributed by atoms with Crippen molar-refractivity contribution in [3.05, 3.63) is 53.6 Å². The van der Waals surface area contributed by atoms with Gasteiger partial charge in [-0.15, -0.1) is 0 Å². The Morgan fingerprint density at radius 2 is 1.59 bits per heavy atom. The Morgan fingerprint density at radius 1 is 0.897 bits per heavy atom. The third-order valence-electron chi connectivity index (χ3n) is 3.83. The molecule has 0 aromatic heterocycles. The SMILES string of the molecule is CCOc1cc(/C=C/C(=O)NNC(=O)c2cc(OC)cc(OC)c2)ccc1OC. The van der Waals surface area contributed by atoms with Crippen molar-refractivity contribution in [3.63, 3.8) is 0 Å². The summed E-state index contributed by atoms with van der Waals surface area (Å²) in [6, 6.07) is 10.0. The van der Waals surface area contributed by atoms with Crippen LogP contribution in [0, 0.1) is 0 Å². The quantitative estimate of drug-likeness (QED) is 0.522. The van der Waals surface area contributed by atoms with Crippen LogP contribution in [0.1, 0.15) is 22.8 Å². The lowest BCUT2D eigenvalue weighted by molar-refractivity contribution is -0.117. The Balaban J connectivity index is 1.99. The fourth-order valence-corrected chi connectivity index (χ4v) is 2.41. The molecule has 2 aromatic rings. The Hall–Kier alpha value is -3.68. The third-order valence-corrected chi connectivity index (χ3v) is 3.83. The first-order valence-corrected chi connectivity index (χ1v) is 8.83. The number of hydrogen-bond donors (Lipinski definition) is 2. The second kappa shape index (κ2) is 10.6. The van der Waals surface area contributed by atoms with Gasteiger partial charge in [-0.05, 0) is 42.8 Å². The summed E-state index contributed by atoms with van der Waals surface area (Å²) in [6.07, 6.45) is 2.89. The van der Waals surface area contributed by atoms with Gasteiger partial charge in [0.05, 0.1) is 27.9 Å². The molecule has 0 saturated heterocycles. The van der Waals surface area contributed by atoms with Gasteiger partial charge in [0, 0.05) is 17.7 Å². The van der Waals surface area contributed by atoms with Gasteiger partial charge < -0.3 is 18.9 Å². The number of hydrogen-bond acceptors (Lipinski definition) is 6. The first-order chi connectivity index (χ1) is 14.0. The maximum atomic E-state index is 12.3. The van der Waals surface area contributed by atoms with E-state index in [1.807, 2.05) is 6.92 Å². The van der Waals surface area contributed by atoms with Crippen molar-refractivity contribution in [3.8, 4) is 23.0 Å². The van der Waals surface area contributed by atoms with Gasteiger partial charge in [0.2, 0.25) is 0 Å². The summed E-state index contributed by atoms with van der Waals surface area (Å²) in [5, 5.41) is 0. The number of ether oxygens (including phenoxy) is 4. The van der Waals surface area contributed by atoms with Gasteiger partial charge in [0.25, 0.3) is 11.8 Å². The molecule has 0 unspecified atom stereocenters. The average molecular weight is 400 g/mol. The molecule has 29 heavy (non-hydrogen) atoms. The average Bonchev–Trinajstić information content (AvgIpc) is 2.75. The summed E-state index contributed by atoms with van der Waals surface area (Å²) in [7, 11) is 4.53. The molecule has 0 radical (unpaired) electrons. The summed E-state index contributed by atoms with van der Waals surface area (Å²) in [5.74, 6) is 1.11. The molecular weight excluding hydrogens is 376 g/mol. The van der Waals surface area contributed by atoms with E-state index in [9.17, 15) is 9.59 Å². The molecular formula is C21H24N2O6. The largest absolute Gasteiger partial charge is 0.497 e. The normalized spacial score (nSPS) is 10.3. The van der Waals surface area contributed by atoms with Crippen molar-refractivity contribution < 1.29 is 28.5 Å². The topological polar surface area (TPSA) is 95.1 Å². The van der Waals surface area contributed by atoms with E-state index < -0.39 is 11.8 Å². The summed E-state index contributed by atoms with van der Waals surface area (Å²) < 4.78 is 21.0. The molecule has 0 atom stereocenters. The molecule has 2 aromatic carbocycles. The van der Waals surface area contributed by atoms with Crippen LogP contribution >= 0.6 is 0 Å². The minimum absolute atomic E-state index is 0.280. The van der Waals surface area contributed by atoms with E-state index in [0.29, 0.717) is 29.6 Å². The number of rotatable bonds is 8. The molecule has 0 bridgehead atoms. The highest BCUT2D eigenvalue weighted by atomic mass is 16.5. The molecule has 0 aliphatic heterocycles. The second-order valence-corrected chi connectivity index (χ2v) is 5.72. The molecule has 0 heterocycles. The van der Waals surface area contributed by atoms with Crippen LogP contribution < -0.4 is 29.8 Å². The van der Waals surface area contributed by atoms with Crippen LogP contribution in [-0.2, 0) is 4.79 Å². The van der Waals surface area contributed by atoms with Crippen molar-refractivity contribution in [1.82, 2.24) is 10.9 Å². The maximum absolute atomic E-state index is 12.3. The lowest BCUT2D eigenvalue weighted by atomic mass is 10.2. The molecule has 8 nitrogen and oxygen atoms in total. The van der Waals surface area contributed by atoms with Crippen molar-refractivity contribution in [2.75, 3.05) is 27.9 Å². The zero-order valence-corrected chi connectivity index (χ0v) is 16.8. The lowest BCUT2D eigenvalue weighted by Crippen LogP contribution is -2.40. The number of nitrogens with one attached hydrogen (secondary N) is 2. The van der Waals surface area contributed by atoms with Gasteiger partial charge >= 0.3 is 0 Å². The number of carbonyl (C=O) groups is 2. The fraction of sp³-hybridized carbons (Fsp3) is 0.238. The van der Waals surface area contributed by atoms with E-state index in [2.05, 4.69) is 10.9 Å². The zero-order chi connectivity index (χ0) is 21.2. The van der Waals surface area contributed by atoms with Crippen LogP contribution in [0.4, 0.5) is 0 Å². The summed E-state index contributed by atoms with van der Waals surface area (Å²) in [5.41, 5.74) is 5.69. The van der Waals surface area contributed by atoms with Crippen molar-refractivity contribution >= 4 is 17.9 Å². The van der Waals surface area contributed by atoms with Crippen molar-refractivity contribution in [1.29, 1.82) is 0 Å². The Labute approximate surface area is 169 Å². The van der Waals surface area contributed by atoms with Crippen LogP contribution in [0.25, 0.3) is 6.08 Å². The number of carbonyl (C=O) groups excluding carboxylic acids is 2. The third kappa shape index (κ3) is 6.17. The van der Waals surface area contributed by atoms with Crippen LogP contribution in [0.15, 0.2) is 42.5 Å². The van der Waals surface area contributed by atoms with E-state index in [-0.39, 0.29) is 5.56 Å². The first-order valence-electron chi connectivity index (χ1n) is 8.83. The van der Waals surface area contributed by atoms with Crippen LogP contribution in [0.2, 0.25) is 0 Å². The van der Waals surface area contributed by atoms with Crippen molar-refractivity contribution in [2.24, 2.45) is 0 Å². The predicted octanol–water partition coefficient (Wildman–Crippen LogP) is 2.59. The van der Waals surface area contributed by atoms with E-state index in [0.717, 1.165) is 5.56 Å². The molecule has 2 N–H and O–H groups in total. The number of amides is 2. The Kier molecular flexibility index (Phi) is 7.90. The standard InChI is InChI=1S/C21H24N2O6/c1-5-29-19-10-14(6-8-18(19)28-4)7-9-20(24)22-23-21(25)15-11-16(26-2)13-17(12-15)27-3/h6-13H,5H2,1-4H3,(H,22,24)(H,23,25)/b9-7+. The lowest BCUT2D eigenvalue weighted by Gasteiger charge is -2.10. The molecule has 0 fully saturated rings. The molecule has 0 spiro atoms. The predicted molar refractivity (Wildman–Crippen MR) is 108 cm³/mol. The fourth-order valence-electron chi connectivity index (χ4n) is 2.41. The molecule has 0 aliphatic rings. The maximum Gasteiger partial charge on any atom is 0.269 e. The van der Waals surface area contributed by atoms with E-state index >= 15 is 0 Å². The minimum atomic E-state index is -0.507. The zero-order valence-electron chi connectivity index (χ0n) is 16.8. The second-order valence-electron chi connectivity index (χ2n) is 5.72. The van der Waals surface area contributed by atoms with Gasteiger partial charge in [0.1, 0.15) is 11.5 Å². The number of benzene rings is 2. The molecule has 2 rings (SSSR count). The first kappa shape index (κ1) is 21.6. The van der Waals surface area contributed by atoms with Crippen LogP contribution in [0.5, 0.6) is 23.0 Å². The van der Waals surface area contributed by atoms with Gasteiger partial charge in [-0.1, -0.05) is 6.07 Å². The molecule has 154 valence electrons. The van der Waals surface area contributed by atoms with Crippen molar-refractivity contribution in [2.45, 2.75) is 6.92 Å². The smallest absolute Gasteiger partial charge is 0.269 e. The van der Waals surface area contributed by atoms with Crippen LogP contribution in [0.3, 0.4) is 0 Å². The van der Waals surface area contributed by atoms with Crippen LogP contribution in [-0.4, -0.2) is 39.8 Å². The monoisotopic (exact) mass is 400 g/mol. The number of hydrazine groups is 1. The molecule has 8 heteroatoms. The summed E-state index contributed by atoms with van der Waals surface area (Å²) in [4.78, 5) is 24.3. The van der Waals surface area contributed by atoms with Gasteiger partial charge in [-0.3, -0.25) is 20.4 Å².